The van der Waals surface area contributed by atoms with Gasteiger partial charge < -0.3 is 14.2 Å². The maximum Gasteiger partial charge on any atom is 0.277 e. The van der Waals surface area contributed by atoms with Crippen molar-refractivity contribution in [2.45, 2.75) is 45.4 Å². The van der Waals surface area contributed by atoms with Crippen molar-refractivity contribution in [1.29, 1.82) is 0 Å². The van der Waals surface area contributed by atoms with Crippen LogP contribution in [0.3, 0.4) is 0 Å². The highest BCUT2D eigenvalue weighted by molar-refractivity contribution is 5.85. The molecule has 30 heavy (non-hydrogen) atoms. The van der Waals surface area contributed by atoms with Gasteiger partial charge in [-0.15, -0.1) is 0 Å². The van der Waals surface area contributed by atoms with Gasteiger partial charge in [-0.1, -0.05) is 51.2 Å². The fourth-order valence-electron chi connectivity index (χ4n) is 2.83. The highest BCUT2D eigenvalue weighted by Crippen LogP contribution is 2.18. The molecule has 6 nitrogen and oxygen atoms in total. The summed E-state index contributed by atoms with van der Waals surface area (Å²) in [7, 11) is 1.59. The van der Waals surface area contributed by atoms with E-state index in [-0.39, 0.29) is 12.5 Å². The number of amides is 1. The lowest BCUT2D eigenvalue weighted by atomic mass is 10.1. The Morgan fingerprint density at radius 3 is 2.33 bits per heavy atom. The molecule has 0 atom stereocenters. The molecule has 0 saturated carbocycles. The number of benzene rings is 2. The molecule has 6 heteroatoms. The molecular weight excluding hydrogens is 380 g/mol. The SMILES string of the molecule is CCCCCCCCOc1ccc(OCC(=O)NN=Cc2ccccc2OC)cc1. The van der Waals surface area contributed by atoms with E-state index in [2.05, 4.69) is 17.5 Å². The fourth-order valence-corrected chi connectivity index (χ4v) is 2.83. The molecule has 0 unspecified atom stereocenters. The van der Waals surface area contributed by atoms with E-state index in [9.17, 15) is 4.79 Å². The van der Waals surface area contributed by atoms with E-state index in [1.54, 1.807) is 19.2 Å². The number of para-hydroxylation sites is 1. The third-order valence-electron chi connectivity index (χ3n) is 4.49. The molecule has 0 fully saturated rings. The summed E-state index contributed by atoms with van der Waals surface area (Å²) in [5.41, 5.74) is 3.22. The van der Waals surface area contributed by atoms with E-state index in [1.165, 1.54) is 38.3 Å². The second-order valence-electron chi connectivity index (χ2n) is 6.91. The monoisotopic (exact) mass is 412 g/mol. The number of unbranched alkanes of at least 4 members (excludes halogenated alkanes) is 5. The standard InChI is InChI=1S/C24H32N2O4/c1-3-4-5-6-7-10-17-29-21-13-15-22(16-14-21)30-19-24(27)26-25-18-20-11-8-9-12-23(20)28-2/h8-9,11-16,18H,3-7,10,17,19H2,1-2H3,(H,26,27). The van der Waals surface area contributed by atoms with Gasteiger partial charge in [-0.2, -0.15) is 5.10 Å². The number of methoxy groups -OCH3 is 1. The number of nitrogens with one attached hydrogen (secondary N) is 1. The van der Waals surface area contributed by atoms with Crippen molar-refractivity contribution in [3.8, 4) is 17.2 Å². The maximum absolute atomic E-state index is 11.9. The van der Waals surface area contributed by atoms with Crippen LogP contribution < -0.4 is 19.6 Å². The van der Waals surface area contributed by atoms with Crippen LogP contribution in [0.25, 0.3) is 0 Å². The number of hydrogen-bond donors (Lipinski definition) is 1. The van der Waals surface area contributed by atoms with Crippen molar-refractivity contribution in [2.24, 2.45) is 5.10 Å². The first-order valence-corrected chi connectivity index (χ1v) is 10.5. The Morgan fingerprint density at radius 2 is 1.60 bits per heavy atom. The predicted octanol–water partition coefficient (Wildman–Crippen LogP) is 4.96. The summed E-state index contributed by atoms with van der Waals surface area (Å²) in [6.07, 6.45) is 8.97. The van der Waals surface area contributed by atoms with Gasteiger partial charge in [0.05, 0.1) is 19.9 Å². The minimum absolute atomic E-state index is 0.124. The van der Waals surface area contributed by atoms with E-state index in [1.807, 2.05) is 36.4 Å². The molecular formula is C24H32N2O4. The molecule has 2 aromatic carbocycles. The molecule has 0 heterocycles. The van der Waals surface area contributed by atoms with Gasteiger partial charge in [-0.05, 0) is 42.8 Å². The minimum atomic E-state index is -0.343. The summed E-state index contributed by atoms with van der Waals surface area (Å²) in [6, 6.07) is 14.7. The first-order valence-electron chi connectivity index (χ1n) is 10.5. The Bertz CT molecular complexity index is 775. The average molecular weight is 413 g/mol. The lowest BCUT2D eigenvalue weighted by molar-refractivity contribution is -0.123. The van der Waals surface area contributed by atoms with Gasteiger partial charge in [0.1, 0.15) is 17.2 Å². The Hall–Kier alpha value is -3.02. The lowest BCUT2D eigenvalue weighted by Gasteiger charge is -2.08. The molecule has 2 aromatic rings. The first kappa shape index (κ1) is 23.3. The molecule has 0 aliphatic carbocycles. The highest BCUT2D eigenvalue weighted by atomic mass is 16.5. The van der Waals surface area contributed by atoms with Gasteiger partial charge in [-0.3, -0.25) is 4.79 Å². The number of hydrazone groups is 1. The fraction of sp³-hybridized carbons (Fsp3) is 0.417. The first-order chi connectivity index (χ1) is 14.7. The molecule has 0 aromatic heterocycles. The Balaban J connectivity index is 1.64. The molecule has 1 amide bonds. The lowest BCUT2D eigenvalue weighted by Crippen LogP contribution is -2.24. The number of carbonyl (C=O) groups is 1. The number of carbonyl (C=O) groups excluding carboxylic acids is 1. The molecule has 0 bridgehead atoms. The Kier molecular flexibility index (Phi) is 10.9. The maximum atomic E-state index is 11.9. The summed E-state index contributed by atoms with van der Waals surface area (Å²) < 4.78 is 16.5. The number of nitrogens with zero attached hydrogens (tertiary/aromatic N) is 1. The molecule has 0 radical (unpaired) electrons. The van der Waals surface area contributed by atoms with Crippen LogP contribution >= 0.6 is 0 Å². The van der Waals surface area contributed by atoms with E-state index in [0.29, 0.717) is 11.5 Å². The summed E-state index contributed by atoms with van der Waals surface area (Å²) >= 11 is 0. The van der Waals surface area contributed by atoms with E-state index in [4.69, 9.17) is 14.2 Å². The largest absolute Gasteiger partial charge is 0.496 e. The van der Waals surface area contributed by atoms with Crippen LogP contribution in [0.1, 0.15) is 51.0 Å². The second kappa shape index (κ2) is 14.0. The van der Waals surface area contributed by atoms with Gasteiger partial charge in [0.15, 0.2) is 6.61 Å². The summed E-state index contributed by atoms with van der Waals surface area (Å²) in [6.45, 7) is 2.82. The van der Waals surface area contributed by atoms with Crippen molar-refractivity contribution >= 4 is 12.1 Å². The van der Waals surface area contributed by atoms with Gasteiger partial charge in [0, 0.05) is 5.56 Å². The van der Waals surface area contributed by atoms with Crippen molar-refractivity contribution in [3.63, 3.8) is 0 Å². The molecule has 0 spiro atoms. The van der Waals surface area contributed by atoms with Crippen molar-refractivity contribution in [1.82, 2.24) is 5.43 Å². The van der Waals surface area contributed by atoms with Crippen LogP contribution in [-0.4, -0.2) is 32.4 Å². The quantitative estimate of drug-likeness (QED) is 0.270. The van der Waals surface area contributed by atoms with Gasteiger partial charge in [0.2, 0.25) is 0 Å². The second-order valence-corrected chi connectivity index (χ2v) is 6.91. The third kappa shape index (κ3) is 8.99. The normalized spacial score (nSPS) is 10.7. The zero-order chi connectivity index (χ0) is 21.4. The van der Waals surface area contributed by atoms with Crippen LogP contribution in [0.4, 0.5) is 0 Å². The molecule has 0 aliphatic rings. The molecule has 2 rings (SSSR count). The third-order valence-corrected chi connectivity index (χ3v) is 4.49. The van der Waals surface area contributed by atoms with E-state index in [0.717, 1.165) is 24.3 Å². The highest BCUT2D eigenvalue weighted by Gasteiger charge is 2.03. The minimum Gasteiger partial charge on any atom is -0.496 e. The molecule has 0 aliphatic heterocycles. The van der Waals surface area contributed by atoms with Gasteiger partial charge in [-0.25, -0.2) is 5.43 Å². The zero-order valence-corrected chi connectivity index (χ0v) is 17.9. The van der Waals surface area contributed by atoms with Gasteiger partial charge >= 0.3 is 0 Å². The summed E-state index contributed by atoms with van der Waals surface area (Å²) in [5.74, 6) is 1.75. The number of hydrogen-bond acceptors (Lipinski definition) is 5. The molecule has 0 saturated heterocycles. The molecule has 162 valence electrons. The molecule has 1 N–H and O–H groups in total. The Labute approximate surface area is 179 Å². The predicted molar refractivity (Wildman–Crippen MR) is 120 cm³/mol. The van der Waals surface area contributed by atoms with E-state index >= 15 is 0 Å². The van der Waals surface area contributed by atoms with Crippen LogP contribution in [0.2, 0.25) is 0 Å². The number of ether oxygens (including phenoxy) is 3. The topological polar surface area (TPSA) is 69.2 Å². The zero-order valence-electron chi connectivity index (χ0n) is 17.9. The smallest absolute Gasteiger partial charge is 0.277 e. The van der Waals surface area contributed by atoms with Crippen LogP contribution in [0.5, 0.6) is 17.2 Å². The number of rotatable bonds is 14. The van der Waals surface area contributed by atoms with Gasteiger partial charge in [0.25, 0.3) is 5.91 Å². The Morgan fingerprint density at radius 1 is 0.933 bits per heavy atom. The van der Waals surface area contributed by atoms with Crippen molar-refractivity contribution < 1.29 is 19.0 Å². The average Bonchev–Trinajstić information content (AvgIpc) is 2.78. The van der Waals surface area contributed by atoms with Crippen LogP contribution in [0, 0.1) is 0 Å². The van der Waals surface area contributed by atoms with Crippen molar-refractivity contribution in [2.75, 3.05) is 20.3 Å². The summed E-state index contributed by atoms with van der Waals surface area (Å²) in [4.78, 5) is 11.9. The summed E-state index contributed by atoms with van der Waals surface area (Å²) in [5, 5.41) is 3.94. The van der Waals surface area contributed by atoms with Crippen LogP contribution in [-0.2, 0) is 4.79 Å². The van der Waals surface area contributed by atoms with Crippen LogP contribution in [0.15, 0.2) is 53.6 Å². The van der Waals surface area contributed by atoms with Crippen molar-refractivity contribution in [3.05, 3.63) is 54.1 Å². The van der Waals surface area contributed by atoms with E-state index < -0.39 is 0 Å².